The van der Waals surface area contributed by atoms with E-state index in [4.69, 9.17) is 4.74 Å². The van der Waals surface area contributed by atoms with Crippen LogP contribution in [0.3, 0.4) is 0 Å². The van der Waals surface area contributed by atoms with Crippen LogP contribution in [0.1, 0.15) is 38.3 Å². The fourth-order valence-corrected chi connectivity index (χ4v) is 4.75. The Morgan fingerprint density at radius 3 is 1.93 bits per heavy atom. The maximum absolute atomic E-state index is 14.0. The highest BCUT2D eigenvalue weighted by molar-refractivity contribution is 6.06. The Hall–Kier alpha value is -4.91. The predicted octanol–water partition coefficient (Wildman–Crippen LogP) is 5.79. The highest BCUT2D eigenvalue weighted by Gasteiger charge is 2.23. The van der Waals surface area contributed by atoms with Crippen molar-refractivity contribution in [3.8, 4) is 16.9 Å². The maximum atomic E-state index is 14.0. The van der Waals surface area contributed by atoms with E-state index in [1.54, 1.807) is 42.2 Å². The number of aliphatic carboxylic acids is 1. The van der Waals surface area contributed by atoms with E-state index in [9.17, 15) is 19.5 Å². The zero-order chi connectivity index (χ0) is 29.2. The number of nitrogens with zero attached hydrogens (tertiary/aromatic N) is 2. The number of carboxylic acids is 1. The van der Waals surface area contributed by atoms with Gasteiger partial charge in [0.25, 0.3) is 11.8 Å². The van der Waals surface area contributed by atoms with Gasteiger partial charge in [-0.25, -0.2) is 0 Å². The molecule has 0 aromatic heterocycles. The lowest BCUT2D eigenvalue weighted by Gasteiger charge is -2.24. The number of methoxy groups -OCH3 is 1. The number of benzene rings is 4. The first-order chi connectivity index (χ1) is 19.9. The number of amides is 2. The monoisotopic (exact) mass is 550 g/mol. The Morgan fingerprint density at radius 2 is 1.29 bits per heavy atom. The second-order valence-electron chi connectivity index (χ2n) is 9.78. The van der Waals surface area contributed by atoms with Crippen LogP contribution in [0.25, 0.3) is 11.1 Å². The molecule has 0 saturated heterocycles. The Balaban J connectivity index is 1.63. The summed E-state index contributed by atoms with van der Waals surface area (Å²) in [6.45, 7) is 0.836. The van der Waals surface area contributed by atoms with Gasteiger partial charge in [-0.1, -0.05) is 78.9 Å². The number of ether oxygens (including phenoxy) is 1. The van der Waals surface area contributed by atoms with Crippen molar-refractivity contribution in [3.63, 3.8) is 0 Å². The number of hydrogen-bond acceptors (Lipinski definition) is 4. The van der Waals surface area contributed by atoms with Gasteiger partial charge in [0, 0.05) is 37.8 Å². The SMILES string of the molecule is COc1cccc(CCN(CCC(=O)O)C(=O)c2ccccc2-c2ccccc2C(=O)N(C)Cc2ccccc2)c1. The summed E-state index contributed by atoms with van der Waals surface area (Å²) in [6, 6.07) is 31.8. The topological polar surface area (TPSA) is 87.1 Å². The van der Waals surface area contributed by atoms with Crippen molar-refractivity contribution in [2.75, 3.05) is 27.2 Å². The number of carboxylic acid groups (broad SMARTS) is 1. The molecule has 0 aliphatic heterocycles. The Kier molecular flexibility index (Phi) is 9.89. The highest BCUT2D eigenvalue weighted by atomic mass is 16.5. The first kappa shape index (κ1) is 29.1. The van der Waals surface area contributed by atoms with Gasteiger partial charge < -0.3 is 19.6 Å². The molecular formula is C34H34N2O5. The van der Waals surface area contributed by atoms with E-state index in [1.807, 2.05) is 84.9 Å². The van der Waals surface area contributed by atoms with E-state index in [0.717, 1.165) is 16.9 Å². The third-order valence-corrected chi connectivity index (χ3v) is 6.90. The molecular weight excluding hydrogens is 516 g/mol. The minimum Gasteiger partial charge on any atom is -0.497 e. The van der Waals surface area contributed by atoms with E-state index in [1.165, 1.54) is 0 Å². The van der Waals surface area contributed by atoms with Gasteiger partial charge in [0.1, 0.15) is 5.75 Å². The van der Waals surface area contributed by atoms with Crippen molar-refractivity contribution < 1.29 is 24.2 Å². The number of rotatable bonds is 12. The summed E-state index contributed by atoms with van der Waals surface area (Å²) in [5.41, 5.74) is 4.16. The van der Waals surface area contributed by atoms with Gasteiger partial charge in [-0.15, -0.1) is 0 Å². The van der Waals surface area contributed by atoms with Crippen molar-refractivity contribution in [2.45, 2.75) is 19.4 Å². The van der Waals surface area contributed by atoms with Crippen LogP contribution in [0.5, 0.6) is 5.75 Å². The summed E-state index contributed by atoms with van der Waals surface area (Å²) in [4.78, 5) is 42.2. The molecule has 0 radical (unpaired) electrons. The van der Waals surface area contributed by atoms with E-state index in [2.05, 4.69) is 0 Å². The van der Waals surface area contributed by atoms with Crippen molar-refractivity contribution in [2.24, 2.45) is 0 Å². The number of hydrogen-bond donors (Lipinski definition) is 1. The van der Waals surface area contributed by atoms with Crippen LogP contribution in [0.15, 0.2) is 103 Å². The fraction of sp³-hybridized carbons (Fsp3) is 0.206. The third-order valence-electron chi connectivity index (χ3n) is 6.90. The van der Waals surface area contributed by atoms with Crippen LogP contribution in [0.4, 0.5) is 0 Å². The lowest BCUT2D eigenvalue weighted by Crippen LogP contribution is -2.35. The first-order valence-electron chi connectivity index (χ1n) is 13.5. The molecule has 4 aromatic rings. The van der Waals surface area contributed by atoms with Crippen LogP contribution >= 0.6 is 0 Å². The molecule has 41 heavy (non-hydrogen) atoms. The molecule has 7 nitrogen and oxygen atoms in total. The quantitative estimate of drug-likeness (QED) is 0.241. The molecule has 2 amide bonds. The van der Waals surface area contributed by atoms with Gasteiger partial charge in [-0.3, -0.25) is 14.4 Å². The molecule has 0 aliphatic carbocycles. The van der Waals surface area contributed by atoms with Gasteiger partial charge in [0.05, 0.1) is 13.5 Å². The summed E-state index contributed by atoms with van der Waals surface area (Å²) < 4.78 is 5.31. The van der Waals surface area contributed by atoms with E-state index in [0.29, 0.717) is 41.8 Å². The third kappa shape index (κ3) is 7.60. The van der Waals surface area contributed by atoms with Gasteiger partial charge in [0.15, 0.2) is 0 Å². The molecule has 0 fully saturated rings. The van der Waals surface area contributed by atoms with Gasteiger partial charge in [-0.05, 0) is 52.9 Å². The van der Waals surface area contributed by atoms with E-state index in [-0.39, 0.29) is 24.8 Å². The molecule has 4 rings (SSSR count). The number of carbonyl (C=O) groups excluding carboxylic acids is 2. The summed E-state index contributed by atoms with van der Waals surface area (Å²) in [5.74, 6) is -0.707. The van der Waals surface area contributed by atoms with Gasteiger partial charge >= 0.3 is 5.97 Å². The van der Waals surface area contributed by atoms with Crippen LogP contribution in [-0.2, 0) is 17.8 Å². The minimum absolute atomic E-state index is 0.0624. The van der Waals surface area contributed by atoms with Gasteiger partial charge in [0.2, 0.25) is 0 Å². The van der Waals surface area contributed by atoms with Crippen molar-refractivity contribution >= 4 is 17.8 Å². The van der Waals surface area contributed by atoms with Crippen LogP contribution in [0.2, 0.25) is 0 Å². The summed E-state index contributed by atoms with van der Waals surface area (Å²) in [7, 11) is 3.36. The number of carbonyl (C=O) groups is 3. The molecule has 0 atom stereocenters. The standard InChI is InChI=1S/C34H34N2O5/c1-35(24-26-11-4-3-5-12-26)33(39)30-17-8-6-15-28(30)29-16-7-9-18-31(29)34(40)36(22-20-32(37)38)21-19-25-13-10-14-27(23-25)41-2/h3-18,23H,19-22,24H2,1-2H3,(H,37,38). The second-order valence-corrected chi connectivity index (χ2v) is 9.78. The average molecular weight is 551 g/mol. The van der Waals surface area contributed by atoms with Crippen molar-refractivity contribution in [3.05, 3.63) is 125 Å². The Bertz CT molecular complexity index is 1500. The summed E-state index contributed by atoms with van der Waals surface area (Å²) >= 11 is 0. The van der Waals surface area contributed by atoms with Crippen molar-refractivity contribution in [1.29, 1.82) is 0 Å². The molecule has 0 spiro atoms. The highest BCUT2D eigenvalue weighted by Crippen LogP contribution is 2.29. The first-order valence-corrected chi connectivity index (χ1v) is 13.5. The van der Waals surface area contributed by atoms with Crippen molar-refractivity contribution in [1.82, 2.24) is 9.80 Å². The molecule has 0 aliphatic rings. The second kappa shape index (κ2) is 13.9. The normalized spacial score (nSPS) is 10.6. The molecule has 0 bridgehead atoms. The summed E-state index contributed by atoms with van der Waals surface area (Å²) in [5, 5.41) is 9.36. The molecule has 210 valence electrons. The predicted molar refractivity (Wildman–Crippen MR) is 159 cm³/mol. The maximum Gasteiger partial charge on any atom is 0.305 e. The Labute approximate surface area is 240 Å². The average Bonchev–Trinajstić information content (AvgIpc) is 3.01. The fourth-order valence-electron chi connectivity index (χ4n) is 4.75. The molecule has 0 heterocycles. The van der Waals surface area contributed by atoms with Crippen LogP contribution in [-0.4, -0.2) is 59.9 Å². The van der Waals surface area contributed by atoms with Crippen LogP contribution < -0.4 is 4.74 Å². The minimum atomic E-state index is -0.977. The molecule has 0 saturated carbocycles. The molecule has 7 heteroatoms. The lowest BCUT2D eigenvalue weighted by atomic mass is 9.94. The Morgan fingerprint density at radius 1 is 0.707 bits per heavy atom. The molecule has 0 unspecified atom stereocenters. The van der Waals surface area contributed by atoms with E-state index < -0.39 is 5.97 Å². The molecule has 1 N–H and O–H groups in total. The zero-order valence-corrected chi connectivity index (χ0v) is 23.3. The van der Waals surface area contributed by atoms with Gasteiger partial charge in [-0.2, -0.15) is 0 Å². The van der Waals surface area contributed by atoms with E-state index >= 15 is 0 Å². The zero-order valence-electron chi connectivity index (χ0n) is 23.3. The smallest absolute Gasteiger partial charge is 0.305 e. The lowest BCUT2D eigenvalue weighted by molar-refractivity contribution is -0.137. The molecule has 4 aromatic carbocycles. The summed E-state index contributed by atoms with van der Waals surface area (Å²) in [6.07, 6.45) is 0.357. The van der Waals surface area contributed by atoms with Crippen LogP contribution in [0, 0.1) is 0 Å². The largest absolute Gasteiger partial charge is 0.497 e.